The van der Waals surface area contributed by atoms with E-state index in [-0.39, 0.29) is 17.5 Å². The molecule has 31 heavy (non-hydrogen) atoms. The molecule has 0 radical (unpaired) electrons. The molecule has 1 fully saturated rings. The van der Waals surface area contributed by atoms with Crippen molar-refractivity contribution in [1.29, 1.82) is 0 Å². The molecule has 0 bridgehead atoms. The molecule has 0 amide bonds. The van der Waals surface area contributed by atoms with Gasteiger partial charge in [0.05, 0.1) is 17.0 Å². The van der Waals surface area contributed by atoms with Gasteiger partial charge in [-0.15, -0.1) is 0 Å². The number of phenols is 1. The molecule has 7 nitrogen and oxygen atoms in total. The summed E-state index contributed by atoms with van der Waals surface area (Å²) in [6, 6.07) is 13.2. The minimum atomic E-state index is -0.0654. The lowest BCUT2D eigenvalue weighted by atomic mass is 9.81. The molecule has 1 saturated heterocycles. The van der Waals surface area contributed by atoms with Crippen molar-refractivity contribution in [3.05, 3.63) is 71.2 Å². The number of pyridine rings is 1. The number of rotatable bonds is 3. The summed E-state index contributed by atoms with van der Waals surface area (Å²) in [5, 5.41) is 10.3. The zero-order chi connectivity index (χ0) is 21.4. The van der Waals surface area contributed by atoms with E-state index in [1.165, 1.54) is 0 Å². The molecule has 0 saturated carbocycles. The predicted molar refractivity (Wildman–Crippen MR) is 119 cm³/mol. The van der Waals surface area contributed by atoms with Crippen molar-refractivity contribution in [2.45, 2.75) is 25.7 Å². The summed E-state index contributed by atoms with van der Waals surface area (Å²) in [6.07, 6.45) is 2.81. The highest BCUT2D eigenvalue weighted by Gasteiger charge is 2.32. The minimum absolute atomic E-state index is 0.0542. The Morgan fingerprint density at radius 3 is 2.42 bits per heavy atom. The highest BCUT2D eigenvalue weighted by Crippen LogP contribution is 2.37. The Labute approximate surface area is 181 Å². The summed E-state index contributed by atoms with van der Waals surface area (Å²) in [4.78, 5) is 31.3. The van der Waals surface area contributed by atoms with Crippen molar-refractivity contribution in [1.82, 2.24) is 15.0 Å². The molecule has 7 heteroatoms. The van der Waals surface area contributed by atoms with Crippen LogP contribution in [0.15, 0.2) is 48.7 Å². The number of nitrogens with zero attached hydrogens (tertiary/aromatic N) is 5. The summed E-state index contributed by atoms with van der Waals surface area (Å²) in [5.41, 5.74) is 3.00. The maximum Gasteiger partial charge on any atom is 0.225 e. The van der Waals surface area contributed by atoms with Crippen LogP contribution in [0.5, 0.6) is 5.75 Å². The van der Waals surface area contributed by atoms with E-state index >= 15 is 0 Å². The zero-order valence-electron chi connectivity index (χ0n) is 17.5. The number of fused-ring (bicyclic) bond motifs is 1. The van der Waals surface area contributed by atoms with Crippen molar-refractivity contribution in [2.24, 2.45) is 0 Å². The molecule has 0 spiro atoms. The second-order valence-electron chi connectivity index (χ2n) is 8.18. The Hall–Kier alpha value is -3.48. The topological polar surface area (TPSA) is 82.5 Å². The highest BCUT2D eigenvalue weighted by molar-refractivity contribution is 5.99. The smallest absolute Gasteiger partial charge is 0.225 e. The van der Waals surface area contributed by atoms with Crippen LogP contribution >= 0.6 is 0 Å². The Balaban J connectivity index is 1.38. The molecule has 158 valence electrons. The first-order valence-electron chi connectivity index (χ1n) is 10.7. The van der Waals surface area contributed by atoms with Gasteiger partial charge in [0.2, 0.25) is 5.95 Å². The summed E-state index contributed by atoms with van der Waals surface area (Å²) >= 11 is 0. The molecule has 1 N–H and O–H groups in total. The summed E-state index contributed by atoms with van der Waals surface area (Å²) in [6.45, 7) is 5.18. The molecule has 1 unspecified atom stereocenters. The maximum absolute atomic E-state index is 12.9. The molecule has 1 aliphatic carbocycles. The van der Waals surface area contributed by atoms with Gasteiger partial charge in [0.1, 0.15) is 11.6 Å². The van der Waals surface area contributed by atoms with E-state index in [4.69, 9.17) is 4.98 Å². The Bertz CT molecular complexity index is 1110. The van der Waals surface area contributed by atoms with Crippen molar-refractivity contribution < 1.29 is 9.90 Å². The highest BCUT2D eigenvalue weighted by atomic mass is 16.3. The fourth-order valence-electron chi connectivity index (χ4n) is 4.63. The molecular formula is C24H25N5O2. The first-order valence-corrected chi connectivity index (χ1v) is 10.7. The van der Waals surface area contributed by atoms with Gasteiger partial charge in [-0.3, -0.25) is 4.79 Å². The molecular weight excluding hydrogens is 390 g/mol. The molecule has 2 aromatic heterocycles. The third-order valence-corrected chi connectivity index (χ3v) is 6.22. The third kappa shape index (κ3) is 3.71. The average Bonchev–Trinajstić information content (AvgIpc) is 2.79. The number of ketones is 1. The van der Waals surface area contributed by atoms with Crippen LogP contribution in [-0.2, 0) is 6.42 Å². The van der Waals surface area contributed by atoms with Crippen LogP contribution in [0.2, 0.25) is 0 Å². The van der Waals surface area contributed by atoms with Gasteiger partial charge in [-0.1, -0.05) is 24.3 Å². The monoisotopic (exact) mass is 415 g/mol. The minimum Gasteiger partial charge on any atom is -0.508 e. The van der Waals surface area contributed by atoms with Crippen molar-refractivity contribution >= 4 is 17.5 Å². The largest absolute Gasteiger partial charge is 0.508 e. The predicted octanol–water partition coefficient (Wildman–Crippen LogP) is 3.12. The lowest BCUT2D eigenvalue weighted by molar-refractivity contribution is 0.0961. The van der Waals surface area contributed by atoms with Gasteiger partial charge in [-0.25, -0.2) is 15.0 Å². The number of hydrogen-bond acceptors (Lipinski definition) is 7. The number of benzene rings is 1. The first-order chi connectivity index (χ1) is 15.1. The van der Waals surface area contributed by atoms with Gasteiger partial charge in [0.25, 0.3) is 0 Å². The lowest BCUT2D eigenvalue weighted by Crippen LogP contribution is -2.47. The number of aromatic nitrogens is 3. The van der Waals surface area contributed by atoms with Crippen LogP contribution in [0.4, 0.5) is 11.8 Å². The standard InChI is InChI=1S/C24H25N5O2/c1-16-23-19(14-17(15-21(23)31)18-6-2-3-7-20(18)30)27-24(26-16)29-12-10-28(11-13-29)22-8-4-5-9-25-22/h2-9,17,30H,10-15H2,1H3. The van der Waals surface area contributed by atoms with Crippen LogP contribution < -0.4 is 9.80 Å². The first kappa shape index (κ1) is 19.5. The van der Waals surface area contributed by atoms with E-state index in [2.05, 4.69) is 19.8 Å². The maximum atomic E-state index is 12.9. The molecule has 1 atom stereocenters. The Morgan fingerprint density at radius 2 is 1.68 bits per heavy atom. The molecule has 5 rings (SSSR count). The Morgan fingerprint density at radius 1 is 0.935 bits per heavy atom. The SMILES string of the molecule is Cc1nc(N2CCN(c3ccccn3)CC2)nc2c1C(=O)CC(c1ccccc1O)C2. The number of aromatic hydroxyl groups is 1. The number of hydrogen-bond donors (Lipinski definition) is 1. The van der Waals surface area contributed by atoms with Crippen molar-refractivity contribution in [3.63, 3.8) is 0 Å². The van der Waals surface area contributed by atoms with E-state index < -0.39 is 0 Å². The number of carbonyl (C=O) groups excluding carboxylic acids is 1. The molecule has 3 heterocycles. The van der Waals surface area contributed by atoms with Crippen LogP contribution in [0.1, 0.15) is 39.6 Å². The fraction of sp³-hybridized carbons (Fsp3) is 0.333. The second-order valence-corrected chi connectivity index (χ2v) is 8.18. The van der Waals surface area contributed by atoms with Gasteiger partial charge < -0.3 is 14.9 Å². The fourth-order valence-corrected chi connectivity index (χ4v) is 4.63. The number of carbonyl (C=O) groups is 1. The quantitative estimate of drug-likeness (QED) is 0.704. The number of aryl methyl sites for hydroxylation is 1. The number of Topliss-reactive ketones (excluding diaryl/α,β-unsaturated/α-hetero) is 1. The van der Waals surface area contributed by atoms with Gasteiger partial charge in [0, 0.05) is 44.7 Å². The van der Waals surface area contributed by atoms with E-state index in [0.29, 0.717) is 24.4 Å². The van der Waals surface area contributed by atoms with E-state index in [1.807, 2.05) is 43.5 Å². The summed E-state index contributed by atoms with van der Waals surface area (Å²) in [7, 11) is 0. The van der Waals surface area contributed by atoms with Gasteiger partial charge in [-0.2, -0.15) is 0 Å². The van der Waals surface area contributed by atoms with E-state index in [1.54, 1.807) is 12.1 Å². The molecule has 2 aliphatic rings. The lowest BCUT2D eigenvalue weighted by Gasteiger charge is -2.36. The molecule has 3 aromatic rings. The zero-order valence-corrected chi connectivity index (χ0v) is 17.5. The molecule has 1 aliphatic heterocycles. The van der Waals surface area contributed by atoms with Crippen molar-refractivity contribution in [3.8, 4) is 5.75 Å². The number of anilines is 2. The summed E-state index contributed by atoms with van der Waals surface area (Å²) in [5.74, 6) is 1.90. The number of piperazine rings is 1. The summed E-state index contributed by atoms with van der Waals surface area (Å²) < 4.78 is 0. The number of para-hydroxylation sites is 1. The molecule has 1 aromatic carbocycles. The van der Waals surface area contributed by atoms with Crippen LogP contribution in [0.25, 0.3) is 0 Å². The van der Waals surface area contributed by atoms with Gasteiger partial charge >= 0.3 is 0 Å². The van der Waals surface area contributed by atoms with Crippen LogP contribution in [0, 0.1) is 6.92 Å². The van der Waals surface area contributed by atoms with Gasteiger partial charge in [0.15, 0.2) is 5.78 Å². The van der Waals surface area contributed by atoms with E-state index in [0.717, 1.165) is 48.9 Å². The third-order valence-electron chi connectivity index (χ3n) is 6.22. The number of phenolic OH excluding ortho intramolecular Hbond substituents is 1. The van der Waals surface area contributed by atoms with Gasteiger partial charge in [-0.05, 0) is 37.1 Å². The Kier molecular flexibility index (Phi) is 5.02. The van der Waals surface area contributed by atoms with Crippen LogP contribution in [-0.4, -0.2) is 52.0 Å². The second kappa shape index (κ2) is 7.98. The van der Waals surface area contributed by atoms with Crippen molar-refractivity contribution in [2.75, 3.05) is 36.0 Å². The normalized spacial score (nSPS) is 18.7. The average molecular weight is 415 g/mol. The van der Waals surface area contributed by atoms with E-state index in [9.17, 15) is 9.90 Å². The van der Waals surface area contributed by atoms with Crippen LogP contribution in [0.3, 0.4) is 0 Å².